The molecule has 2 aromatic rings. The first kappa shape index (κ1) is 17.1. The van der Waals surface area contributed by atoms with E-state index in [0.717, 1.165) is 22.8 Å². The minimum Gasteiger partial charge on any atom is -0.493 e. The van der Waals surface area contributed by atoms with Gasteiger partial charge in [-0.25, -0.2) is 4.98 Å². The topological polar surface area (TPSA) is 72.5 Å². The summed E-state index contributed by atoms with van der Waals surface area (Å²) in [7, 11) is 5.03. The number of amides is 1. The zero-order chi connectivity index (χ0) is 16.7. The second kappa shape index (κ2) is 8.38. The van der Waals surface area contributed by atoms with Gasteiger partial charge in [0.25, 0.3) is 0 Å². The lowest BCUT2D eigenvalue weighted by atomic mass is 10.1. The third-order valence-electron chi connectivity index (χ3n) is 3.29. The maximum absolute atomic E-state index is 11.9. The van der Waals surface area contributed by atoms with Crippen LogP contribution in [0.25, 0.3) is 0 Å². The molecule has 0 spiro atoms. The van der Waals surface area contributed by atoms with E-state index in [1.165, 1.54) is 11.3 Å². The molecule has 1 heterocycles. The normalized spacial score (nSPS) is 10.2. The van der Waals surface area contributed by atoms with Crippen molar-refractivity contribution < 1.29 is 14.3 Å². The van der Waals surface area contributed by atoms with Crippen molar-refractivity contribution in [2.45, 2.75) is 12.8 Å². The van der Waals surface area contributed by atoms with Crippen molar-refractivity contribution in [3.63, 3.8) is 0 Å². The number of nitrogens with zero attached hydrogens (tertiary/aromatic N) is 1. The Morgan fingerprint density at radius 1 is 1.26 bits per heavy atom. The van der Waals surface area contributed by atoms with Gasteiger partial charge in [0, 0.05) is 19.0 Å². The van der Waals surface area contributed by atoms with E-state index in [-0.39, 0.29) is 5.91 Å². The lowest BCUT2D eigenvalue weighted by Crippen LogP contribution is -2.27. The smallest absolute Gasteiger partial charge is 0.226 e. The van der Waals surface area contributed by atoms with Crippen molar-refractivity contribution in [2.24, 2.45) is 0 Å². The predicted octanol–water partition coefficient (Wildman–Crippen LogP) is 2.10. The molecular weight excluding hydrogens is 314 g/mol. The minimum atomic E-state index is -0.0292. The van der Waals surface area contributed by atoms with Gasteiger partial charge in [-0.3, -0.25) is 4.79 Å². The van der Waals surface area contributed by atoms with E-state index in [4.69, 9.17) is 9.47 Å². The fourth-order valence-corrected chi connectivity index (χ4v) is 2.78. The van der Waals surface area contributed by atoms with Crippen LogP contribution in [0.5, 0.6) is 11.5 Å². The molecule has 0 fully saturated rings. The van der Waals surface area contributed by atoms with Crippen molar-refractivity contribution in [3.8, 4) is 11.5 Å². The number of thiazole rings is 1. The molecule has 124 valence electrons. The fourth-order valence-electron chi connectivity index (χ4n) is 2.11. The summed E-state index contributed by atoms with van der Waals surface area (Å²) < 4.78 is 10.5. The van der Waals surface area contributed by atoms with Crippen LogP contribution in [0.2, 0.25) is 0 Å². The Morgan fingerprint density at radius 3 is 2.70 bits per heavy atom. The van der Waals surface area contributed by atoms with Crippen molar-refractivity contribution >= 4 is 22.4 Å². The zero-order valence-corrected chi connectivity index (χ0v) is 14.3. The first-order chi connectivity index (χ1) is 11.2. The van der Waals surface area contributed by atoms with Gasteiger partial charge in [0.2, 0.25) is 5.91 Å². The largest absolute Gasteiger partial charge is 0.493 e. The summed E-state index contributed by atoms with van der Waals surface area (Å²) in [5, 5.41) is 8.57. The van der Waals surface area contributed by atoms with Crippen LogP contribution in [0.3, 0.4) is 0 Å². The summed E-state index contributed by atoms with van der Waals surface area (Å²) in [4.78, 5) is 16.2. The van der Waals surface area contributed by atoms with E-state index < -0.39 is 0 Å². The Hall–Kier alpha value is -2.28. The molecule has 0 saturated heterocycles. The van der Waals surface area contributed by atoms with Gasteiger partial charge in [0.1, 0.15) is 0 Å². The number of rotatable bonds is 8. The molecule has 2 rings (SSSR count). The number of ether oxygens (including phenoxy) is 2. The van der Waals surface area contributed by atoms with E-state index in [9.17, 15) is 4.79 Å². The first-order valence-corrected chi connectivity index (χ1v) is 8.14. The number of methoxy groups -OCH3 is 2. The van der Waals surface area contributed by atoms with Gasteiger partial charge >= 0.3 is 0 Å². The number of carbonyl (C=O) groups is 1. The Kier molecular flexibility index (Phi) is 6.22. The fraction of sp³-hybridized carbons (Fsp3) is 0.375. The zero-order valence-electron chi connectivity index (χ0n) is 13.5. The van der Waals surface area contributed by atoms with E-state index in [2.05, 4.69) is 15.6 Å². The molecule has 6 nitrogen and oxygen atoms in total. The maximum atomic E-state index is 11.9. The Morgan fingerprint density at radius 2 is 2.04 bits per heavy atom. The summed E-state index contributed by atoms with van der Waals surface area (Å²) in [6.07, 6.45) is 1.02. The lowest BCUT2D eigenvalue weighted by Gasteiger charge is -2.10. The number of hydrogen-bond donors (Lipinski definition) is 2. The highest BCUT2D eigenvalue weighted by molar-refractivity contribution is 7.13. The van der Waals surface area contributed by atoms with E-state index in [0.29, 0.717) is 24.5 Å². The monoisotopic (exact) mass is 335 g/mol. The summed E-state index contributed by atoms with van der Waals surface area (Å²) in [5.74, 6) is 1.36. The van der Waals surface area contributed by atoms with Crippen molar-refractivity contribution in [1.82, 2.24) is 10.3 Å². The molecule has 1 aromatic heterocycles. The number of benzene rings is 1. The summed E-state index contributed by atoms with van der Waals surface area (Å²) in [5.41, 5.74) is 1.86. The first-order valence-electron chi connectivity index (χ1n) is 7.26. The predicted molar refractivity (Wildman–Crippen MR) is 91.6 cm³/mol. The maximum Gasteiger partial charge on any atom is 0.226 e. The SMILES string of the molecule is CNc1nc(CC(=O)NCCc2ccc(OC)c(OC)c2)cs1. The Balaban J connectivity index is 1.81. The molecule has 0 aliphatic rings. The second-order valence-corrected chi connectivity index (χ2v) is 5.72. The van der Waals surface area contributed by atoms with Gasteiger partial charge in [0.05, 0.1) is 26.3 Å². The van der Waals surface area contributed by atoms with Crippen LogP contribution in [-0.2, 0) is 17.6 Å². The van der Waals surface area contributed by atoms with Crippen LogP contribution in [0.4, 0.5) is 5.13 Å². The third-order valence-corrected chi connectivity index (χ3v) is 4.20. The van der Waals surface area contributed by atoms with Crippen molar-refractivity contribution in [1.29, 1.82) is 0 Å². The van der Waals surface area contributed by atoms with E-state index >= 15 is 0 Å². The third kappa shape index (κ3) is 4.85. The summed E-state index contributed by atoms with van der Waals surface area (Å²) in [6, 6.07) is 5.75. The minimum absolute atomic E-state index is 0.0292. The molecule has 0 atom stereocenters. The Bertz CT molecular complexity index is 658. The molecule has 1 amide bonds. The average molecular weight is 335 g/mol. The molecule has 7 heteroatoms. The van der Waals surface area contributed by atoms with Crippen LogP contribution in [-0.4, -0.2) is 38.7 Å². The van der Waals surface area contributed by atoms with Crippen LogP contribution >= 0.6 is 11.3 Å². The molecule has 0 bridgehead atoms. The number of anilines is 1. The van der Waals surface area contributed by atoms with E-state index in [1.807, 2.05) is 30.6 Å². The average Bonchev–Trinajstić information content (AvgIpc) is 3.02. The van der Waals surface area contributed by atoms with E-state index in [1.54, 1.807) is 14.2 Å². The van der Waals surface area contributed by atoms with Crippen molar-refractivity contribution in [2.75, 3.05) is 33.1 Å². The van der Waals surface area contributed by atoms with Gasteiger partial charge in [-0.2, -0.15) is 0 Å². The van der Waals surface area contributed by atoms with Crippen LogP contribution in [0, 0.1) is 0 Å². The van der Waals surface area contributed by atoms with Gasteiger partial charge < -0.3 is 20.1 Å². The number of carbonyl (C=O) groups excluding carboxylic acids is 1. The van der Waals surface area contributed by atoms with Crippen LogP contribution in [0.1, 0.15) is 11.3 Å². The summed E-state index contributed by atoms with van der Waals surface area (Å²) >= 11 is 1.49. The van der Waals surface area contributed by atoms with Gasteiger partial charge in [-0.15, -0.1) is 11.3 Å². The molecule has 0 aliphatic heterocycles. The van der Waals surface area contributed by atoms with Gasteiger partial charge in [-0.05, 0) is 24.1 Å². The highest BCUT2D eigenvalue weighted by Gasteiger charge is 2.08. The molecule has 1 aromatic carbocycles. The molecule has 2 N–H and O–H groups in total. The van der Waals surface area contributed by atoms with Crippen LogP contribution in [0.15, 0.2) is 23.6 Å². The quantitative estimate of drug-likeness (QED) is 0.773. The lowest BCUT2D eigenvalue weighted by molar-refractivity contribution is -0.120. The second-order valence-electron chi connectivity index (χ2n) is 4.86. The van der Waals surface area contributed by atoms with Crippen LogP contribution < -0.4 is 20.1 Å². The standard InChI is InChI=1S/C16H21N3O3S/c1-17-16-19-12(10-23-16)9-15(20)18-7-6-11-4-5-13(21-2)14(8-11)22-3/h4-5,8,10H,6-7,9H2,1-3H3,(H,17,19)(H,18,20). The molecule has 23 heavy (non-hydrogen) atoms. The number of aromatic nitrogens is 1. The highest BCUT2D eigenvalue weighted by atomic mass is 32.1. The number of nitrogens with one attached hydrogen (secondary N) is 2. The molecule has 0 saturated carbocycles. The number of hydrogen-bond acceptors (Lipinski definition) is 6. The van der Waals surface area contributed by atoms with Gasteiger partial charge in [0.15, 0.2) is 16.6 Å². The van der Waals surface area contributed by atoms with Crippen molar-refractivity contribution in [3.05, 3.63) is 34.8 Å². The molecule has 0 radical (unpaired) electrons. The van der Waals surface area contributed by atoms with Gasteiger partial charge in [-0.1, -0.05) is 6.07 Å². The molecule has 0 aliphatic carbocycles. The molecular formula is C16H21N3O3S. The summed E-state index contributed by atoms with van der Waals surface area (Å²) in [6.45, 7) is 0.567. The molecule has 0 unspecified atom stereocenters. The highest BCUT2D eigenvalue weighted by Crippen LogP contribution is 2.27. The Labute approximate surface area is 139 Å².